The topological polar surface area (TPSA) is 74.2 Å². The Hall–Kier alpha value is -3.04. The summed E-state index contributed by atoms with van der Waals surface area (Å²) < 4.78 is 1.16. The van der Waals surface area contributed by atoms with Crippen LogP contribution in [0.4, 0.5) is 10.5 Å². The van der Waals surface area contributed by atoms with Crippen molar-refractivity contribution in [2.45, 2.75) is 24.8 Å². The van der Waals surface area contributed by atoms with Gasteiger partial charge in [-0.3, -0.25) is 9.80 Å². The Labute approximate surface area is 235 Å². The van der Waals surface area contributed by atoms with Gasteiger partial charge in [-0.2, -0.15) is 0 Å². The number of carbonyl (C=O) groups excluding carboxylic acids is 1. The number of amides is 2. The molecule has 2 aromatic carbocycles. The van der Waals surface area contributed by atoms with Gasteiger partial charge in [-0.1, -0.05) is 41.4 Å². The van der Waals surface area contributed by atoms with Crippen molar-refractivity contribution in [2.75, 3.05) is 31.1 Å². The molecule has 0 radical (unpaired) electrons. The number of hydrogen-bond acceptors (Lipinski definition) is 6. The molecule has 1 spiro atoms. The molecule has 0 atom stereocenters. The second kappa shape index (κ2) is 10.6. The number of carbonyl (C=O) groups is 1. The number of nitrogens with zero attached hydrogens (tertiary/aromatic N) is 5. The molecule has 6 rings (SSSR count). The van der Waals surface area contributed by atoms with Crippen LogP contribution in [0, 0.1) is 0 Å². The second-order valence-electron chi connectivity index (χ2n) is 9.73. The summed E-state index contributed by atoms with van der Waals surface area (Å²) in [5.41, 5.74) is 6.02. The highest BCUT2D eigenvalue weighted by Gasteiger charge is 2.47. The number of likely N-dealkylation sites (tertiary alicyclic amines) is 1. The van der Waals surface area contributed by atoms with Crippen LogP contribution >= 0.6 is 34.5 Å². The van der Waals surface area contributed by atoms with E-state index in [1.165, 1.54) is 5.56 Å². The molecular weight excluding hydrogens is 539 g/mol. The highest BCUT2D eigenvalue weighted by Crippen LogP contribution is 2.50. The Balaban J connectivity index is 1.18. The Morgan fingerprint density at radius 3 is 2.68 bits per heavy atom. The average Bonchev–Trinajstić information content (AvgIpc) is 3.54. The molecule has 4 aromatic rings. The molecule has 7 nitrogen and oxygen atoms in total. The SMILES string of the molecule is O=C(NCc1ncccn1)N1CC2(CCN(C/C=C/c3ccc(Cl)c(Cl)c3)CC2)c2c1ccc1scnc21. The van der Waals surface area contributed by atoms with E-state index < -0.39 is 0 Å². The number of piperidine rings is 1. The van der Waals surface area contributed by atoms with Crippen molar-refractivity contribution < 1.29 is 4.79 Å². The first-order valence-electron chi connectivity index (χ1n) is 12.5. The highest BCUT2D eigenvalue weighted by molar-refractivity contribution is 7.16. The van der Waals surface area contributed by atoms with Gasteiger partial charge in [-0.15, -0.1) is 11.3 Å². The number of thiazole rings is 1. The molecule has 0 aliphatic carbocycles. The second-order valence-corrected chi connectivity index (χ2v) is 11.4. The normalized spacial score (nSPS) is 16.9. The van der Waals surface area contributed by atoms with E-state index in [0.717, 1.165) is 53.9 Å². The molecule has 38 heavy (non-hydrogen) atoms. The van der Waals surface area contributed by atoms with Crippen LogP contribution in [0.3, 0.4) is 0 Å². The van der Waals surface area contributed by atoms with Gasteiger partial charge < -0.3 is 5.32 Å². The molecule has 2 aliphatic rings. The number of nitrogens with one attached hydrogen (secondary N) is 1. The molecule has 2 amide bonds. The molecule has 1 saturated heterocycles. The van der Waals surface area contributed by atoms with Gasteiger partial charge >= 0.3 is 6.03 Å². The van der Waals surface area contributed by atoms with Crippen LogP contribution in [0.25, 0.3) is 16.3 Å². The molecule has 4 heterocycles. The lowest BCUT2D eigenvalue weighted by Crippen LogP contribution is -2.47. The number of urea groups is 1. The van der Waals surface area contributed by atoms with E-state index in [9.17, 15) is 4.79 Å². The molecule has 0 unspecified atom stereocenters. The monoisotopic (exact) mass is 564 g/mol. The molecule has 1 fully saturated rings. The van der Waals surface area contributed by atoms with Crippen molar-refractivity contribution in [3.63, 3.8) is 0 Å². The number of hydrogen-bond donors (Lipinski definition) is 1. The van der Waals surface area contributed by atoms with Crippen molar-refractivity contribution in [3.05, 3.63) is 87.4 Å². The number of benzene rings is 2. The van der Waals surface area contributed by atoms with E-state index in [0.29, 0.717) is 22.4 Å². The van der Waals surface area contributed by atoms with Gasteiger partial charge in [0, 0.05) is 36.5 Å². The first-order chi connectivity index (χ1) is 18.5. The molecule has 1 N–H and O–H groups in total. The van der Waals surface area contributed by atoms with Gasteiger partial charge in [0.25, 0.3) is 0 Å². The van der Waals surface area contributed by atoms with Gasteiger partial charge in [0.2, 0.25) is 0 Å². The summed E-state index contributed by atoms with van der Waals surface area (Å²) in [5.74, 6) is 0.590. The first-order valence-corrected chi connectivity index (χ1v) is 14.2. The number of fused-ring (bicyclic) bond motifs is 4. The maximum absolute atomic E-state index is 13.4. The maximum Gasteiger partial charge on any atom is 0.322 e. The van der Waals surface area contributed by atoms with Crippen molar-refractivity contribution >= 4 is 62.5 Å². The Bertz CT molecular complexity index is 1500. The molecule has 2 aromatic heterocycles. The molecule has 194 valence electrons. The van der Waals surface area contributed by atoms with E-state index in [2.05, 4.69) is 44.5 Å². The number of anilines is 1. The van der Waals surface area contributed by atoms with Gasteiger partial charge in [-0.05, 0) is 61.8 Å². The van der Waals surface area contributed by atoms with Crippen molar-refractivity contribution in [1.82, 2.24) is 25.2 Å². The zero-order valence-electron chi connectivity index (χ0n) is 20.6. The summed E-state index contributed by atoms with van der Waals surface area (Å²) >= 11 is 13.8. The summed E-state index contributed by atoms with van der Waals surface area (Å²) in [5, 5.41) is 4.14. The minimum atomic E-state index is -0.128. The minimum Gasteiger partial charge on any atom is -0.330 e. The van der Waals surface area contributed by atoms with Crippen LogP contribution in [-0.4, -0.2) is 52.1 Å². The summed E-state index contributed by atoms with van der Waals surface area (Å²) in [7, 11) is 0. The minimum absolute atomic E-state index is 0.118. The highest BCUT2D eigenvalue weighted by atomic mass is 35.5. The Kier molecular flexibility index (Phi) is 7.05. The lowest BCUT2D eigenvalue weighted by molar-refractivity contribution is 0.180. The summed E-state index contributed by atoms with van der Waals surface area (Å²) in [6.07, 6.45) is 9.54. The van der Waals surface area contributed by atoms with Crippen molar-refractivity contribution in [3.8, 4) is 0 Å². The largest absolute Gasteiger partial charge is 0.330 e. The molecular formula is C28H26Cl2N6OS. The van der Waals surface area contributed by atoms with Crippen LogP contribution < -0.4 is 10.2 Å². The van der Waals surface area contributed by atoms with Crippen molar-refractivity contribution in [1.29, 1.82) is 0 Å². The summed E-state index contributed by atoms with van der Waals surface area (Å²) in [4.78, 5) is 30.9. The van der Waals surface area contributed by atoms with E-state index in [4.69, 9.17) is 28.2 Å². The molecule has 0 saturated carbocycles. The van der Waals surface area contributed by atoms with Gasteiger partial charge in [-0.25, -0.2) is 19.7 Å². The summed E-state index contributed by atoms with van der Waals surface area (Å²) in [6.45, 7) is 3.67. The zero-order valence-corrected chi connectivity index (χ0v) is 22.9. The lowest BCUT2D eigenvalue weighted by Gasteiger charge is -2.39. The van der Waals surface area contributed by atoms with Gasteiger partial charge in [0.15, 0.2) is 0 Å². The van der Waals surface area contributed by atoms with Crippen molar-refractivity contribution in [2.24, 2.45) is 0 Å². The molecule has 2 aliphatic heterocycles. The van der Waals surface area contributed by atoms with Gasteiger partial charge in [0.1, 0.15) is 5.82 Å². The van der Waals surface area contributed by atoms with E-state index in [1.807, 2.05) is 28.6 Å². The number of rotatable bonds is 5. The predicted octanol–water partition coefficient (Wildman–Crippen LogP) is 6.17. The Morgan fingerprint density at radius 2 is 1.89 bits per heavy atom. The fraction of sp³-hybridized carbons (Fsp3) is 0.286. The maximum atomic E-state index is 13.4. The standard InChI is InChI=1S/C28H26Cl2N6OS/c29-20-5-4-19(15-21(20)30)3-1-12-35-13-8-28(9-14-35)17-36(27(37)33-16-24-31-10-2-11-32-24)22-6-7-23-26(25(22)28)34-18-38-23/h1-7,10-11,15,18H,8-9,12-14,16-17H2,(H,33,37)/b3-1+. The molecule has 10 heteroatoms. The smallest absolute Gasteiger partial charge is 0.322 e. The van der Waals surface area contributed by atoms with Crippen LogP contribution in [0.15, 0.2) is 60.4 Å². The third kappa shape index (κ3) is 4.89. The predicted molar refractivity (Wildman–Crippen MR) is 154 cm³/mol. The Morgan fingerprint density at radius 1 is 1.08 bits per heavy atom. The number of aromatic nitrogens is 3. The van der Waals surface area contributed by atoms with Gasteiger partial charge in [0.05, 0.1) is 38.0 Å². The van der Waals surface area contributed by atoms with E-state index in [-0.39, 0.29) is 18.0 Å². The fourth-order valence-corrected chi connectivity index (χ4v) is 6.50. The van der Waals surface area contributed by atoms with Crippen LogP contribution in [0.1, 0.15) is 29.8 Å². The quantitative estimate of drug-likeness (QED) is 0.313. The number of halogens is 2. The van der Waals surface area contributed by atoms with E-state index in [1.54, 1.807) is 29.8 Å². The third-order valence-electron chi connectivity index (χ3n) is 7.46. The fourth-order valence-electron chi connectivity index (χ4n) is 5.51. The summed E-state index contributed by atoms with van der Waals surface area (Å²) in [6, 6.07) is 11.5. The first kappa shape index (κ1) is 25.2. The van der Waals surface area contributed by atoms with E-state index >= 15 is 0 Å². The molecule has 0 bridgehead atoms. The lowest BCUT2D eigenvalue weighted by atomic mass is 9.74. The average molecular weight is 566 g/mol. The third-order valence-corrected chi connectivity index (χ3v) is 8.99. The van der Waals surface area contributed by atoms with Crippen LogP contribution in [0.5, 0.6) is 0 Å². The van der Waals surface area contributed by atoms with Crippen LogP contribution in [0.2, 0.25) is 10.0 Å². The van der Waals surface area contributed by atoms with Crippen LogP contribution in [-0.2, 0) is 12.0 Å². The zero-order chi connectivity index (χ0) is 26.1.